The highest BCUT2D eigenvalue weighted by Crippen LogP contribution is 2.28. The third-order valence-corrected chi connectivity index (χ3v) is 6.38. The highest BCUT2D eigenvalue weighted by Gasteiger charge is 2.18. The Balaban J connectivity index is 1.38. The number of rotatable bonds is 5. The molecule has 8 heteroatoms. The van der Waals surface area contributed by atoms with Crippen molar-refractivity contribution in [3.63, 3.8) is 0 Å². The van der Waals surface area contributed by atoms with Crippen molar-refractivity contribution < 1.29 is 9.53 Å². The maximum absolute atomic E-state index is 12.7. The van der Waals surface area contributed by atoms with E-state index in [1.54, 1.807) is 0 Å². The van der Waals surface area contributed by atoms with E-state index >= 15 is 0 Å². The largest absolute Gasteiger partial charge is 0.375 e. The summed E-state index contributed by atoms with van der Waals surface area (Å²) >= 11 is 7.33. The standard InChI is InChI=1S/C22H23ClN4O2S/c1-14-13-27(9-10-29-14)19-8-3-16(11-24-19)12-25-21(28)20-15(2)26-22(30-20)17-4-6-18(23)7-5-17/h3-8,11,14H,9-10,12-13H2,1-2H3,(H,25,28). The zero-order valence-electron chi connectivity index (χ0n) is 16.9. The third-order valence-electron chi connectivity index (χ3n) is 4.92. The lowest BCUT2D eigenvalue weighted by Gasteiger charge is -2.32. The number of thiazole rings is 1. The van der Waals surface area contributed by atoms with E-state index in [1.165, 1.54) is 11.3 Å². The Kier molecular flexibility index (Phi) is 6.32. The van der Waals surface area contributed by atoms with Gasteiger partial charge in [-0.1, -0.05) is 29.8 Å². The molecule has 1 saturated heterocycles. The summed E-state index contributed by atoms with van der Waals surface area (Å²) in [6.45, 7) is 6.73. The van der Waals surface area contributed by atoms with Crippen LogP contribution in [0.15, 0.2) is 42.6 Å². The molecule has 1 fully saturated rings. The molecule has 6 nitrogen and oxygen atoms in total. The first kappa shape index (κ1) is 20.8. The van der Waals surface area contributed by atoms with E-state index in [4.69, 9.17) is 16.3 Å². The Morgan fingerprint density at radius 2 is 2.10 bits per heavy atom. The summed E-state index contributed by atoms with van der Waals surface area (Å²) in [7, 11) is 0. The quantitative estimate of drug-likeness (QED) is 0.637. The van der Waals surface area contributed by atoms with E-state index in [9.17, 15) is 4.79 Å². The fraction of sp³-hybridized carbons (Fsp3) is 0.318. The molecule has 1 unspecified atom stereocenters. The SMILES string of the molecule is Cc1nc(-c2ccc(Cl)cc2)sc1C(=O)NCc1ccc(N2CCOC(C)C2)nc1. The lowest BCUT2D eigenvalue weighted by molar-refractivity contribution is 0.0529. The van der Waals surface area contributed by atoms with Gasteiger partial charge in [-0.3, -0.25) is 4.79 Å². The first-order valence-electron chi connectivity index (χ1n) is 9.82. The molecule has 3 aromatic rings. The van der Waals surface area contributed by atoms with Gasteiger partial charge in [0.1, 0.15) is 15.7 Å². The van der Waals surface area contributed by atoms with Crippen LogP contribution in [0.2, 0.25) is 5.02 Å². The van der Waals surface area contributed by atoms with Crippen LogP contribution in [-0.2, 0) is 11.3 Å². The molecule has 156 valence electrons. The van der Waals surface area contributed by atoms with E-state index in [0.717, 1.165) is 40.7 Å². The van der Waals surface area contributed by atoms with E-state index in [-0.39, 0.29) is 12.0 Å². The Labute approximate surface area is 184 Å². The van der Waals surface area contributed by atoms with Crippen molar-refractivity contribution >= 4 is 34.7 Å². The lowest BCUT2D eigenvalue weighted by Crippen LogP contribution is -2.41. The van der Waals surface area contributed by atoms with Crippen LogP contribution >= 0.6 is 22.9 Å². The number of ether oxygens (including phenoxy) is 1. The molecule has 0 aliphatic carbocycles. The van der Waals surface area contributed by atoms with Crippen molar-refractivity contribution in [1.82, 2.24) is 15.3 Å². The van der Waals surface area contributed by atoms with E-state index in [1.807, 2.05) is 49.5 Å². The average molecular weight is 443 g/mol. The number of hydrogen-bond acceptors (Lipinski definition) is 6. The maximum atomic E-state index is 12.7. The monoisotopic (exact) mass is 442 g/mol. The van der Waals surface area contributed by atoms with Crippen LogP contribution in [0, 0.1) is 6.92 Å². The van der Waals surface area contributed by atoms with Gasteiger partial charge in [0, 0.05) is 36.4 Å². The number of aromatic nitrogens is 2. The van der Waals surface area contributed by atoms with Gasteiger partial charge in [0.25, 0.3) is 5.91 Å². The number of halogens is 1. The van der Waals surface area contributed by atoms with Gasteiger partial charge in [0.2, 0.25) is 0 Å². The van der Waals surface area contributed by atoms with Crippen LogP contribution in [0.3, 0.4) is 0 Å². The number of carbonyl (C=O) groups is 1. The van der Waals surface area contributed by atoms with Crippen LogP contribution in [0.4, 0.5) is 5.82 Å². The van der Waals surface area contributed by atoms with E-state index in [0.29, 0.717) is 23.1 Å². The van der Waals surface area contributed by atoms with Gasteiger partial charge < -0.3 is 15.0 Å². The molecule has 1 aliphatic rings. The van der Waals surface area contributed by atoms with E-state index < -0.39 is 0 Å². The predicted molar refractivity (Wildman–Crippen MR) is 120 cm³/mol. The molecule has 1 aromatic carbocycles. The molecular weight excluding hydrogens is 420 g/mol. The van der Waals surface area contributed by atoms with Gasteiger partial charge in [0.05, 0.1) is 18.4 Å². The van der Waals surface area contributed by atoms with Gasteiger partial charge in [-0.05, 0) is 37.6 Å². The summed E-state index contributed by atoms with van der Waals surface area (Å²) in [5.41, 5.74) is 2.62. The number of anilines is 1. The molecular formula is C22H23ClN4O2S. The fourth-order valence-electron chi connectivity index (χ4n) is 3.32. The summed E-state index contributed by atoms with van der Waals surface area (Å²) in [5, 5.41) is 4.45. The first-order valence-corrected chi connectivity index (χ1v) is 11.0. The van der Waals surface area contributed by atoms with Gasteiger partial charge in [-0.15, -0.1) is 11.3 Å². The number of pyridine rings is 1. The summed E-state index contributed by atoms with van der Waals surface area (Å²) in [6.07, 6.45) is 2.02. The minimum atomic E-state index is -0.128. The fourth-order valence-corrected chi connectivity index (χ4v) is 4.43. The molecule has 1 atom stereocenters. The Morgan fingerprint density at radius 3 is 2.80 bits per heavy atom. The molecule has 1 aliphatic heterocycles. The Morgan fingerprint density at radius 1 is 1.30 bits per heavy atom. The zero-order valence-corrected chi connectivity index (χ0v) is 18.5. The minimum Gasteiger partial charge on any atom is -0.375 e. The topological polar surface area (TPSA) is 67.4 Å². The van der Waals surface area contributed by atoms with Crippen molar-refractivity contribution in [3.05, 3.63) is 63.8 Å². The summed E-state index contributed by atoms with van der Waals surface area (Å²) in [4.78, 5) is 24.6. The molecule has 0 bridgehead atoms. The van der Waals surface area contributed by atoms with Gasteiger partial charge in [0.15, 0.2) is 0 Å². The molecule has 1 amide bonds. The number of hydrogen-bond donors (Lipinski definition) is 1. The molecule has 2 aromatic heterocycles. The van der Waals surface area contributed by atoms with Gasteiger partial charge >= 0.3 is 0 Å². The van der Waals surface area contributed by atoms with Crippen molar-refractivity contribution in [2.24, 2.45) is 0 Å². The van der Waals surface area contributed by atoms with Crippen molar-refractivity contribution in [1.29, 1.82) is 0 Å². The second kappa shape index (κ2) is 9.12. The Bertz CT molecular complexity index is 1020. The number of aryl methyl sites for hydroxylation is 1. The van der Waals surface area contributed by atoms with Crippen LogP contribution in [0.25, 0.3) is 10.6 Å². The summed E-state index contributed by atoms with van der Waals surface area (Å²) in [5.74, 6) is 0.808. The molecule has 30 heavy (non-hydrogen) atoms. The normalized spacial score (nSPS) is 16.5. The molecule has 3 heterocycles. The van der Waals surface area contributed by atoms with Crippen LogP contribution in [0.1, 0.15) is 27.9 Å². The number of amides is 1. The second-order valence-electron chi connectivity index (χ2n) is 7.28. The Hall–Kier alpha value is -2.48. The maximum Gasteiger partial charge on any atom is 0.263 e. The molecule has 0 radical (unpaired) electrons. The first-order chi connectivity index (χ1) is 14.5. The highest BCUT2D eigenvalue weighted by molar-refractivity contribution is 7.17. The smallest absolute Gasteiger partial charge is 0.263 e. The zero-order chi connectivity index (χ0) is 21.1. The second-order valence-corrected chi connectivity index (χ2v) is 8.71. The number of carbonyl (C=O) groups excluding carboxylic acids is 1. The van der Waals surface area contributed by atoms with Gasteiger partial charge in [-0.2, -0.15) is 0 Å². The third kappa shape index (κ3) is 4.80. The molecule has 4 rings (SSSR count). The van der Waals surface area contributed by atoms with Crippen LogP contribution in [-0.4, -0.2) is 41.7 Å². The highest BCUT2D eigenvalue weighted by atomic mass is 35.5. The number of benzene rings is 1. The molecule has 1 N–H and O–H groups in total. The summed E-state index contributed by atoms with van der Waals surface area (Å²) in [6, 6.07) is 11.5. The van der Waals surface area contributed by atoms with E-state index in [2.05, 4.69) is 27.1 Å². The van der Waals surface area contributed by atoms with Crippen LogP contribution in [0.5, 0.6) is 0 Å². The van der Waals surface area contributed by atoms with Crippen LogP contribution < -0.4 is 10.2 Å². The number of nitrogens with zero attached hydrogens (tertiary/aromatic N) is 3. The summed E-state index contributed by atoms with van der Waals surface area (Å²) < 4.78 is 5.58. The minimum absolute atomic E-state index is 0.128. The van der Waals surface area contributed by atoms with Crippen molar-refractivity contribution in [3.8, 4) is 10.6 Å². The number of morpholine rings is 1. The average Bonchev–Trinajstić information content (AvgIpc) is 3.14. The van der Waals surface area contributed by atoms with Crippen molar-refractivity contribution in [2.45, 2.75) is 26.5 Å². The predicted octanol–water partition coefficient (Wildman–Crippen LogP) is 4.32. The molecule has 0 spiro atoms. The lowest BCUT2D eigenvalue weighted by atomic mass is 10.2. The molecule has 0 saturated carbocycles. The van der Waals surface area contributed by atoms with Crippen molar-refractivity contribution in [2.75, 3.05) is 24.6 Å². The number of nitrogens with one attached hydrogen (secondary N) is 1. The van der Waals surface area contributed by atoms with Gasteiger partial charge in [-0.25, -0.2) is 9.97 Å².